The van der Waals surface area contributed by atoms with Crippen molar-refractivity contribution in [1.29, 1.82) is 0 Å². The Balaban J connectivity index is 1.68. The molecule has 1 amide bonds. The fourth-order valence-corrected chi connectivity index (χ4v) is 3.73. The van der Waals surface area contributed by atoms with Crippen molar-refractivity contribution in [3.05, 3.63) is 65.7 Å². The molecule has 5 heteroatoms. The van der Waals surface area contributed by atoms with Gasteiger partial charge in [-0.25, -0.2) is 4.39 Å². The Hall–Kier alpha value is -2.27. The van der Waals surface area contributed by atoms with E-state index in [2.05, 4.69) is 23.7 Å². The summed E-state index contributed by atoms with van der Waals surface area (Å²) in [4.78, 5) is 21.4. The zero-order valence-corrected chi connectivity index (χ0v) is 16.1. The minimum Gasteiger partial charge on any atom is -0.341 e. The van der Waals surface area contributed by atoms with Gasteiger partial charge in [-0.05, 0) is 41.7 Å². The number of aromatic nitrogens is 1. The van der Waals surface area contributed by atoms with Crippen molar-refractivity contribution >= 4 is 5.91 Å². The highest BCUT2D eigenvalue weighted by Gasteiger charge is 2.29. The topological polar surface area (TPSA) is 36.4 Å². The second-order valence-electron chi connectivity index (χ2n) is 7.64. The molecule has 1 fully saturated rings. The molecule has 0 radical (unpaired) electrons. The lowest BCUT2D eigenvalue weighted by Gasteiger charge is -2.34. The monoisotopic (exact) mass is 369 g/mol. The Bertz CT molecular complexity index is 733. The van der Waals surface area contributed by atoms with Crippen LogP contribution in [0.25, 0.3) is 0 Å². The van der Waals surface area contributed by atoms with E-state index >= 15 is 0 Å². The maximum absolute atomic E-state index is 13.2. The molecular formula is C22H28FN3O. The molecule has 1 atom stereocenters. The molecule has 27 heavy (non-hydrogen) atoms. The fourth-order valence-electron chi connectivity index (χ4n) is 3.73. The summed E-state index contributed by atoms with van der Waals surface area (Å²) in [5.74, 6) is 0.386. The van der Waals surface area contributed by atoms with Crippen LogP contribution < -0.4 is 0 Å². The molecule has 0 N–H and O–H groups in total. The van der Waals surface area contributed by atoms with Gasteiger partial charge in [-0.1, -0.05) is 32.0 Å². The molecule has 144 valence electrons. The van der Waals surface area contributed by atoms with Gasteiger partial charge in [0.25, 0.3) is 0 Å². The first-order valence-corrected chi connectivity index (χ1v) is 9.68. The molecule has 0 saturated carbocycles. The molecule has 1 saturated heterocycles. The van der Waals surface area contributed by atoms with Crippen molar-refractivity contribution in [3.8, 4) is 0 Å². The first-order valence-electron chi connectivity index (χ1n) is 9.68. The summed E-state index contributed by atoms with van der Waals surface area (Å²) in [5, 5.41) is 0. The maximum atomic E-state index is 13.2. The van der Waals surface area contributed by atoms with Crippen LogP contribution in [0.3, 0.4) is 0 Å². The van der Waals surface area contributed by atoms with E-state index < -0.39 is 0 Å². The van der Waals surface area contributed by atoms with Gasteiger partial charge in [-0.15, -0.1) is 0 Å². The number of benzene rings is 1. The average molecular weight is 369 g/mol. The fraction of sp³-hybridized carbons (Fsp3) is 0.455. The van der Waals surface area contributed by atoms with Gasteiger partial charge in [-0.2, -0.15) is 0 Å². The molecule has 0 unspecified atom stereocenters. The Morgan fingerprint density at radius 1 is 1.19 bits per heavy atom. The molecule has 2 aromatic rings. The second kappa shape index (κ2) is 9.09. The zero-order valence-electron chi connectivity index (χ0n) is 16.1. The van der Waals surface area contributed by atoms with Crippen molar-refractivity contribution in [2.45, 2.75) is 39.3 Å². The highest BCUT2D eigenvalue weighted by molar-refractivity contribution is 5.78. The number of nitrogens with zero attached hydrogens (tertiary/aromatic N) is 3. The Morgan fingerprint density at radius 3 is 2.63 bits per heavy atom. The number of carbonyl (C=O) groups is 1. The summed E-state index contributed by atoms with van der Waals surface area (Å²) in [5.41, 5.74) is 2.06. The van der Waals surface area contributed by atoms with Crippen LogP contribution in [0.1, 0.15) is 31.4 Å². The predicted molar refractivity (Wildman–Crippen MR) is 105 cm³/mol. The van der Waals surface area contributed by atoms with Crippen LogP contribution in [0, 0.1) is 11.7 Å². The SMILES string of the molecule is CC(C)[C@H]1CN(C(=O)Cc2cccnc2)CCCN1Cc1ccc(F)cc1. The van der Waals surface area contributed by atoms with Gasteiger partial charge < -0.3 is 4.90 Å². The lowest BCUT2D eigenvalue weighted by atomic mass is 10.0. The van der Waals surface area contributed by atoms with E-state index in [9.17, 15) is 9.18 Å². The number of rotatable bonds is 5. The summed E-state index contributed by atoms with van der Waals surface area (Å²) in [6.45, 7) is 7.65. The summed E-state index contributed by atoms with van der Waals surface area (Å²) in [7, 11) is 0. The van der Waals surface area contributed by atoms with Crippen LogP contribution in [0.5, 0.6) is 0 Å². The number of carbonyl (C=O) groups excluding carboxylic acids is 1. The second-order valence-corrected chi connectivity index (χ2v) is 7.64. The van der Waals surface area contributed by atoms with E-state index in [0.717, 1.165) is 43.7 Å². The van der Waals surface area contributed by atoms with Crippen LogP contribution in [0.4, 0.5) is 4.39 Å². The average Bonchev–Trinajstić information content (AvgIpc) is 2.87. The van der Waals surface area contributed by atoms with Gasteiger partial charge in [-0.3, -0.25) is 14.7 Å². The molecule has 0 bridgehead atoms. The van der Waals surface area contributed by atoms with E-state index in [1.54, 1.807) is 12.4 Å². The van der Waals surface area contributed by atoms with Crippen molar-refractivity contribution < 1.29 is 9.18 Å². The Kier molecular flexibility index (Phi) is 6.56. The minimum absolute atomic E-state index is 0.164. The van der Waals surface area contributed by atoms with Gasteiger partial charge in [0.15, 0.2) is 0 Å². The molecule has 1 aromatic heterocycles. The highest BCUT2D eigenvalue weighted by Crippen LogP contribution is 2.21. The first-order chi connectivity index (χ1) is 13.0. The van der Waals surface area contributed by atoms with Crippen molar-refractivity contribution in [3.63, 3.8) is 0 Å². The van der Waals surface area contributed by atoms with E-state index in [-0.39, 0.29) is 17.8 Å². The summed E-state index contributed by atoms with van der Waals surface area (Å²) in [6, 6.07) is 10.8. The largest absolute Gasteiger partial charge is 0.341 e. The molecule has 2 heterocycles. The lowest BCUT2D eigenvalue weighted by Crippen LogP contribution is -2.45. The summed E-state index contributed by atoms with van der Waals surface area (Å²) < 4.78 is 13.2. The molecular weight excluding hydrogens is 341 g/mol. The first kappa shape index (κ1) is 19.5. The van der Waals surface area contributed by atoms with Gasteiger partial charge in [0.05, 0.1) is 6.42 Å². The molecule has 1 aliphatic rings. The third-order valence-electron chi connectivity index (χ3n) is 5.25. The van der Waals surface area contributed by atoms with E-state index in [0.29, 0.717) is 12.3 Å². The van der Waals surface area contributed by atoms with Gasteiger partial charge in [0, 0.05) is 44.6 Å². The molecule has 3 rings (SSSR count). The zero-order chi connectivity index (χ0) is 19.2. The minimum atomic E-state index is -0.206. The number of pyridine rings is 1. The summed E-state index contributed by atoms with van der Waals surface area (Å²) in [6.07, 6.45) is 4.83. The normalized spacial score (nSPS) is 18.5. The number of hydrogen-bond acceptors (Lipinski definition) is 3. The Labute approximate surface area is 161 Å². The van der Waals surface area contributed by atoms with Crippen LogP contribution in [-0.4, -0.2) is 46.4 Å². The van der Waals surface area contributed by atoms with Gasteiger partial charge in [0.1, 0.15) is 5.82 Å². The van der Waals surface area contributed by atoms with Crippen molar-refractivity contribution in [2.75, 3.05) is 19.6 Å². The van der Waals surface area contributed by atoms with Crippen LogP contribution >= 0.6 is 0 Å². The van der Waals surface area contributed by atoms with E-state index in [4.69, 9.17) is 0 Å². The standard InChI is InChI=1S/C22H28FN3O/c1-17(2)21-16-26(22(27)13-19-5-3-10-24-14-19)12-4-11-25(21)15-18-6-8-20(23)9-7-18/h3,5-10,14,17,21H,4,11-13,15-16H2,1-2H3/t21-/m1/s1. The third-order valence-corrected chi connectivity index (χ3v) is 5.25. The highest BCUT2D eigenvalue weighted by atomic mass is 19.1. The number of halogens is 1. The summed E-state index contributed by atoms with van der Waals surface area (Å²) >= 11 is 0. The van der Waals surface area contributed by atoms with Crippen LogP contribution in [0.2, 0.25) is 0 Å². The maximum Gasteiger partial charge on any atom is 0.227 e. The third kappa shape index (κ3) is 5.36. The quantitative estimate of drug-likeness (QED) is 0.809. The molecule has 4 nitrogen and oxygen atoms in total. The van der Waals surface area contributed by atoms with E-state index in [1.165, 1.54) is 12.1 Å². The van der Waals surface area contributed by atoms with Crippen LogP contribution in [0.15, 0.2) is 48.8 Å². The Morgan fingerprint density at radius 2 is 1.96 bits per heavy atom. The molecule has 1 aromatic carbocycles. The van der Waals surface area contributed by atoms with Crippen molar-refractivity contribution in [1.82, 2.24) is 14.8 Å². The molecule has 0 aliphatic carbocycles. The van der Waals surface area contributed by atoms with Crippen LogP contribution in [-0.2, 0) is 17.8 Å². The van der Waals surface area contributed by atoms with Gasteiger partial charge in [0.2, 0.25) is 5.91 Å². The smallest absolute Gasteiger partial charge is 0.227 e. The molecule has 1 aliphatic heterocycles. The van der Waals surface area contributed by atoms with E-state index in [1.807, 2.05) is 29.2 Å². The van der Waals surface area contributed by atoms with Gasteiger partial charge >= 0.3 is 0 Å². The lowest BCUT2D eigenvalue weighted by molar-refractivity contribution is -0.131. The predicted octanol–water partition coefficient (Wildman–Crippen LogP) is 3.52. The number of amides is 1. The van der Waals surface area contributed by atoms with Crippen molar-refractivity contribution in [2.24, 2.45) is 5.92 Å². The number of hydrogen-bond donors (Lipinski definition) is 0. The molecule has 0 spiro atoms.